The summed E-state index contributed by atoms with van der Waals surface area (Å²) in [7, 11) is 0. The summed E-state index contributed by atoms with van der Waals surface area (Å²) in [5, 5.41) is 3.09. The third kappa shape index (κ3) is 3.18. The number of hydrogen-bond donors (Lipinski definition) is 1. The molecule has 96 valence electrons. The van der Waals surface area contributed by atoms with E-state index >= 15 is 0 Å². The molecule has 2 rings (SSSR count). The maximum absolute atomic E-state index is 6.21. The molecule has 0 aliphatic carbocycles. The predicted octanol–water partition coefficient (Wildman–Crippen LogP) is 3.68. The van der Waals surface area contributed by atoms with Crippen LogP contribution < -0.4 is 5.73 Å². The van der Waals surface area contributed by atoms with E-state index in [2.05, 4.69) is 50.0 Å². The van der Waals surface area contributed by atoms with Gasteiger partial charge in [0.25, 0.3) is 0 Å². The van der Waals surface area contributed by atoms with Crippen LogP contribution in [0.25, 0.3) is 0 Å². The van der Waals surface area contributed by atoms with Crippen LogP contribution in [0.1, 0.15) is 42.9 Å². The van der Waals surface area contributed by atoms with Crippen LogP contribution in [-0.4, -0.2) is 4.98 Å². The largest absolute Gasteiger partial charge is 0.324 e. The third-order valence-corrected chi connectivity index (χ3v) is 3.88. The Bertz CT molecular complexity index is 480. The molecule has 1 atom stereocenters. The first-order chi connectivity index (χ1) is 8.47. The van der Waals surface area contributed by atoms with E-state index in [0.29, 0.717) is 0 Å². The van der Waals surface area contributed by atoms with Crippen LogP contribution in [0.4, 0.5) is 0 Å². The quantitative estimate of drug-likeness (QED) is 0.914. The van der Waals surface area contributed by atoms with E-state index in [1.807, 2.05) is 11.6 Å². The average molecular weight is 260 g/mol. The van der Waals surface area contributed by atoms with E-state index in [9.17, 15) is 0 Å². The molecule has 0 aliphatic heterocycles. The SMILES string of the molecule is CC(C)(C)c1ccc(C(N)Cc2nccs2)cc1. The van der Waals surface area contributed by atoms with Crippen molar-refractivity contribution in [3.8, 4) is 0 Å². The summed E-state index contributed by atoms with van der Waals surface area (Å²) in [4.78, 5) is 4.28. The van der Waals surface area contributed by atoms with Gasteiger partial charge in [0.15, 0.2) is 0 Å². The number of nitrogens with zero attached hydrogens (tertiary/aromatic N) is 1. The van der Waals surface area contributed by atoms with Crippen LogP contribution in [0.5, 0.6) is 0 Å². The average Bonchev–Trinajstić information content (AvgIpc) is 2.81. The maximum Gasteiger partial charge on any atom is 0.0943 e. The lowest BCUT2D eigenvalue weighted by Crippen LogP contribution is -2.15. The fourth-order valence-electron chi connectivity index (χ4n) is 1.89. The van der Waals surface area contributed by atoms with E-state index in [1.54, 1.807) is 11.3 Å². The molecule has 2 nitrogen and oxygen atoms in total. The van der Waals surface area contributed by atoms with Gasteiger partial charge in [-0.25, -0.2) is 4.98 Å². The molecule has 0 spiro atoms. The van der Waals surface area contributed by atoms with Gasteiger partial charge >= 0.3 is 0 Å². The van der Waals surface area contributed by atoms with Gasteiger partial charge < -0.3 is 5.73 Å². The van der Waals surface area contributed by atoms with Crippen molar-refractivity contribution in [2.45, 2.75) is 38.6 Å². The number of hydrogen-bond acceptors (Lipinski definition) is 3. The highest BCUT2D eigenvalue weighted by Crippen LogP contribution is 2.24. The topological polar surface area (TPSA) is 38.9 Å². The molecule has 0 fully saturated rings. The van der Waals surface area contributed by atoms with Crippen molar-refractivity contribution in [3.05, 3.63) is 52.0 Å². The van der Waals surface area contributed by atoms with Gasteiger partial charge in [-0.2, -0.15) is 0 Å². The van der Waals surface area contributed by atoms with Gasteiger partial charge in [-0.1, -0.05) is 45.0 Å². The second kappa shape index (κ2) is 5.21. The summed E-state index contributed by atoms with van der Waals surface area (Å²) in [6.07, 6.45) is 2.64. The Balaban J connectivity index is 2.10. The Morgan fingerprint density at radius 1 is 1.22 bits per heavy atom. The van der Waals surface area contributed by atoms with Crippen molar-refractivity contribution in [2.24, 2.45) is 5.73 Å². The normalized spacial score (nSPS) is 13.6. The summed E-state index contributed by atoms with van der Waals surface area (Å²) < 4.78 is 0. The van der Waals surface area contributed by atoms with Crippen molar-refractivity contribution in [3.63, 3.8) is 0 Å². The molecule has 0 bridgehead atoms. The Hall–Kier alpha value is -1.19. The highest BCUT2D eigenvalue weighted by molar-refractivity contribution is 7.09. The Morgan fingerprint density at radius 3 is 2.39 bits per heavy atom. The van der Waals surface area contributed by atoms with Gasteiger partial charge in [0.05, 0.1) is 5.01 Å². The molecule has 1 aromatic carbocycles. The van der Waals surface area contributed by atoms with Crippen molar-refractivity contribution in [2.75, 3.05) is 0 Å². The smallest absolute Gasteiger partial charge is 0.0943 e. The molecule has 2 aromatic rings. The molecule has 1 unspecified atom stereocenters. The van der Waals surface area contributed by atoms with Gasteiger partial charge in [0.2, 0.25) is 0 Å². The van der Waals surface area contributed by atoms with E-state index in [4.69, 9.17) is 5.73 Å². The molecule has 0 aliphatic rings. The lowest BCUT2D eigenvalue weighted by Gasteiger charge is -2.20. The molecule has 2 N–H and O–H groups in total. The highest BCUT2D eigenvalue weighted by Gasteiger charge is 2.14. The van der Waals surface area contributed by atoms with E-state index < -0.39 is 0 Å². The lowest BCUT2D eigenvalue weighted by atomic mass is 9.86. The van der Waals surface area contributed by atoms with Crippen LogP contribution >= 0.6 is 11.3 Å². The predicted molar refractivity (Wildman–Crippen MR) is 77.9 cm³/mol. The van der Waals surface area contributed by atoms with E-state index in [-0.39, 0.29) is 11.5 Å². The zero-order chi connectivity index (χ0) is 13.2. The highest BCUT2D eigenvalue weighted by atomic mass is 32.1. The fraction of sp³-hybridized carbons (Fsp3) is 0.400. The van der Waals surface area contributed by atoms with Crippen molar-refractivity contribution < 1.29 is 0 Å². The fourth-order valence-corrected chi connectivity index (χ4v) is 2.57. The molecule has 18 heavy (non-hydrogen) atoms. The van der Waals surface area contributed by atoms with Gasteiger partial charge in [0.1, 0.15) is 0 Å². The molecule has 0 radical (unpaired) electrons. The molecule has 0 amide bonds. The van der Waals surface area contributed by atoms with Crippen molar-refractivity contribution in [1.82, 2.24) is 4.98 Å². The summed E-state index contributed by atoms with van der Waals surface area (Å²) in [6.45, 7) is 6.66. The van der Waals surface area contributed by atoms with Crippen LogP contribution in [0, 0.1) is 0 Å². The molecular formula is C15H20N2S. The third-order valence-electron chi connectivity index (χ3n) is 3.08. The monoisotopic (exact) mass is 260 g/mol. The zero-order valence-corrected chi connectivity index (χ0v) is 12.0. The molecule has 1 aromatic heterocycles. The van der Waals surface area contributed by atoms with Gasteiger partial charge in [-0.3, -0.25) is 0 Å². The first-order valence-corrected chi connectivity index (χ1v) is 7.09. The minimum atomic E-state index is 0.0326. The van der Waals surface area contributed by atoms with E-state index in [0.717, 1.165) is 11.4 Å². The second-order valence-corrected chi connectivity index (χ2v) is 6.59. The van der Waals surface area contributed by atoms with Crippen LogP contribution in [-0.2, 0) is 11.8 Å². The number of benzene rings is 1. The summed E-state index contributed by atoms with van der Waals surface area (Å²) in [5.74, 6) is 0. The number of rotatable bonds is 3. The van der Waals surface area contributed by atoms with Crippen LogP contribution in [0.2, 0.25) is 0 Å². The second-order valence-electron chi connectivity index (χ2n) is 5.61. The zero-order valence-electron chi connectivity index (χ0n) is 11.2. The minimum absolute atomic E-state index is 0.0326. The molecule has 3 heteroatoms. The van der Waals surface area contributed by atoms with Crippen LogP contribution in [0.3, 0.4) is 0 Å². The van der Waals surface area contributed by atoms with Gasteiger partial charge in [0, 0.05) is 24.0 Å². The Kier molecular flexibility index (Phi) is 3.83. The minimum Gasteiger partial charge on any atom is -0.324 e. The summed E-state index contributed by atoms with van der Waals surface area (Å²) >= 11 is 1.66. The number of aromatic nitrogens is 1. The maximum atomic E-state index is 6.21. The molecule has 0 saturated carbocycles. The van der Waals surface area contributed by atoms with Crippen LogP contribution in [0.15, 0.2) is 35.8 Å². The van der Waals surface area contributed by atoms with Crippen molar-refractivity contribution in [1.29, 1.82) is 0 Å². The first kappa shape index (κ1) is 13.2. The van der Waals surface area contributed by atoms with Crippen molar-refractivity contribution >= 4 is 11.3 Å². The lowest BCUT2D eigenvalue weighted by molar-refractivity contribution is 0.589. The van der Waals surface area contributed by atoms with Gasteiger partial charge in [-0.15, -0.1) is 11.3 Å². The Labute approximate surface area is 113 Å². The summed E-state index contributed by atoms with van der Waals surface area (Å²) in [5.41, 5.74) is 8.92. The molecular weight excluding hydrogens is 240 g/mol. The molecule has 1 heterocycles. The number of nitrogens with two attached hydrogens (primary N) is 1. The number of thiazole rings is 1. The van der Waals surface area contributed by atoms with E-state index in [1.165, 1.54) is 11.1 Å². The first-order valence-electron chi connectivity index (χ1n) is 6.21. The Morgan fingerprint density at radius 2 is 1.89 bits per heavy atom. The standard InChI is InChI=1S/C15H20N2S/c1-15(2,3)12-6-4-11(5-7-12)13(16)10-14-17-8-9-18-14/h4-9,13H,10,16H2,1-3H3. The van der Waals surface area contributed by atoms with Gasteiger partial charge in [-0.05, 0) is 16.5 Å². The molecule has 0 saturated heterocycles. The summed E-state index contributed by atoms with van der Waals surface area (Å²) in [6, 6.07) is 8.66.